The van der Waals surface area contributed by atoms with Gasteiger partial charge in [0.2, 0.25) is 0 Å². The molecule has 0 aliphatic heterocycles. The number of hydrogen-bond acceptors (Lipinski definition) is 1. The van der Waals surface area contributed by atoms with Gasteiger partial charge in [0, 0.05) is 22.5 Å². The largest absolute Gasteiger partial charge is 0.319 e. The molecular weight excluding hydrogens is 241 g/mol. The number of nitrogens with one attached hydrogen (secondary N) is 1. The second kappa shape index (κ2) is 6.48. The van der Waals surface area contributed by atoms with E-state index in [-0.39, 0.29) is 0 Å². The van der Waals surface area contributed by atoms with Crippen molar-refractivity contribution in [3.8, 4) is 0 Å². The minimum absolute atomic E-state index is 0.371. The molecule has 0 amide bonds. The smallest absolute Gasteiger partial charge is 0.0456 e. The maximum Gasteiger partial charge on any atom is 0.0456 e. The highest BCUT2D eigenvalue weighted by Gasteiger charge is 2.22. The predicted octanol–water partition coefficient (Wildman–Crippen LogP) is 4.34. The van der Waals surface area contributed by atoms with Crippen LogP contribution in [-0.2, 0) is 0 Å². The lowest BCUT2D eigenvalue weighted by atomic mass is 9.85. The molecule has 1 rings (SSSR count). The van der Waals surface area contributed by atoms with Crippen LogP contribution in [0.25, 0.3) is 0 Å². The van der Waals surface area contributed by atoms with E-state index in [4.69, 9.17) is 23.2 Å². The van der Waals surface area contributed by atoms with Crippen LogP contribution >= 0.6 is 23.2 Å². The summed E-state index contributed by atoms with van der Waals surface area (Å²) >= 11 is 12.5. The van der Waals surface area contributed by atoms with E-state index in [0.717, 1.165) is 28.6 Å². The van der Waals surface area contributed by atoms with Crippen molar-refractivity contribution >= 4 is 23.2 Å². The molecule has 0 aliphatic carbocycles. The van der Waals surface area contributed by atoms with Crippen molar-refractivity contribution < 1.29 is 0 Å². The van der Waals surface area contributed by atoms with E-state index in [1.54, 1.807) is 0 Å². The van der Waals surface area contributed by atoms with Crippen LogP contribution in [0.3, 0.4) is 0 Å². The SMILES string of the molecule is CCC(C)C(CNC)c1c(Cl)cccc1Cl. The Labute approximate surface area is 108 Å². The number of benzene rings is 1. The third-order valence-electron chi connectivity index (χ3n) is 3.13. The van der Waals surface area contributed by atoms with Crippen molar-refractivity contribution in [1.82, 2.24) is 5.32 Å². The molecule has 0 saturated heterocycles. The van der Waals surface area contributed by atoms with Gasteiger partial charge in [0.25, 0.3) is 0 Å². The highest BCUT2D eigenvalue weighted by molar-refractivity contribution is 6.36. The van der Waals surface area contributed by atoms with Gasteiger partial charge < -0.3 is 5.32 Å². The molecule has 0 saturated carbocycles. The molecule has 1 aromatic carbocycles. The average molecular weight is 260 g/mol. The summed E-state index contributed by atoms with van der Waals surface area (Å²) in [6.45, 7) is 5.33. The fraction of sp³-hybridized carbons (Fsp3) is 0.538. The fourth-order valence-corrected chi connectivity index (χ4v) is 2.63. The normalized spacial score (nSPS) is 14.8. The molecule has 0 radical (unpaired) electrons. The lowest BCUT2D eigenvalue weighted by Gasteiger charge is -2.25. The van der Waals surface area contributed by atoms with E-state index < -0.39 is 0 Å². The van der Waals surface area contributed by atoms with Crippen LogP contribution in [0.5, 0.6) is 0 Å². The number of likely N-dealkylation sites (N-methyl/N-ethyl adjacent to an activating group) is 1. The maximum atomic E-state index is 6.25. The maximum absolute atomic E-state index is 6.25. The molecule has 1 aromatic rings. The van der Waals surface area contributed by atoms with Crippen LogP contribution < -0.4 is 5.32 Å². The quantitative estimate of drug-likeness (QED) is 0.830. The van der Waals surface area contributed by atoms with Gasteiger partial charge in [-0.05, 0) is 30.7 Å². The molecule has 16 heavy (non-hydrogen) atoms. The molecule has 0 heterocycles. The second-order valence-corrected chi connectivity index (χ2v) is 5.00. The summed E-state index contributed by atoms with van der Waals surface area (Å²) in [4.78, 5) is 0. The monoisotopic (exact) mass is 259 g/mol. The fourth-order valence-electron chi connectivity index (χ4n) is 1.96. The highest BCUT2D eigenvalue weighted by atomic mass is 35.5. The Morgan fingerprint density at radius 1 is 1.25 bits per heavy atom. The van der Waals surface area contributed by atoms with Crippen molar-refractivity contribution in [3.63, 3.8) is 0 Å². The van der Waals surface area contributed by atoms with Crippen molar-refractivity contribution in [2.45, 2.75) is 26.2 Å². The minimum atomic E-state index is 0.371. The Balaban J connectivity index is 3.09. The molecule has 90 valence electrons. The minimum Gasteiger partial charge on any atom is -0.319 e. The molecule has 0 aromatic heterocycles. The molecule has 1 nitrogen and oxygen atoms in total. The summed E-state index contributed by atoms with van der Waals surface area (Å²) in [6, 6.07) is 5.71. The summed E-state index contributed by atoms with van der Waals surface area (Å²) in [7, 11) is 1.96. The lowest BCUT2D eigenvalue weighted by Crippen LogP contribution is -2.23. The zero-order valence-electron chi connectivity index (χ0n) is 10.1. The zero-order chi connectivity index (χ0) is 12.1. The van der Waals surface area contributed by atoms with Crippen LogP contribution in [0.1, 0.15) is 31.7 Å². The van der Waals surface area contributed by atoms with Crippen molar-refractivity contribution in [2.75, 3.05) is 13.6 Å². The van der Waals surface area contributed by atoms with E-state index in [9.17, 15) is 0 Å². The summed E-state index contributed by atoms with van der Waals surface area (Å²) in [5.74, 6) is 0.932. The predicted molar refractivity (Wildman–Crippen MR) is 72.6 cm³/mol. The summed E-state index contributed by atoms with van der Waals surface area (Å²) in [5, 5.41) is 4.76. The summed E-state index contributed by atoms with van der Waals surface area (Å²) in [6.07, 6.45) is 1.12. The van der Waals surface area contributed by atoms with Gasteiger partial charge in [-0.1, -0.05) is 49.5 Å². The van der Waals surface area contributed by atoms with Gasteiger partial charge in [0.1, 0.15) is 0 Å². The first-order valence-electron chi connectivity index (χ1n) is 5.70. The molecule has 3 heteroatoms. The molecule has 0 fully saturated rings. The van der Waals surface area contributed by atoms with Crippen molar-refractivity contribution in [1.29, 1.82) is 0 Å². The Morgan fingerprint density at radius 3 is 2.25 bits per heavy atom. The molecule has 1 N–H and O–H groups in total. The van der Waals surface area contributed by atoms with Crippen molar-refractivity contribution in [2.24, 2.45) is 5.92 Å². The van der Waals surface area contributed by atoms with Crippen LogP contribution in [0.4, 0.5) is 0 Å². The first kappa shape index (κ1) is 13.8. The van der Waals surface area contributed by atoms with E-state index in [0.29, 0.717) is 11.8 Å². The standard InChI is InChI=1S/C13H19Cl2N/c1-4-9(2)10(8-16-3)13-11(14)6-5-7-12(13)15/h5-7,9-10,16H,4,8H2,1-3H3. The molecule has 2 unspecified atom stereocenters. The summed E-state index contributed by atoms with van der Waals surface area (Å²) in [5.41, 5.74) is 1.08. The number of halogens is 2. The topological polar surface area (TPSA) is 12.0 Å². The first-order valence-corrected chi connectivity index (χ1v) is 6.45. The Bertz CT molecular complexity index is 318. The number of hydrogen-bond donors (Lipinski definition) is 1. The van der Waals surface area contributed by atoms with Gasteiger partial charge in [-0.3, -0.25) is 0 Å². The van der Waals surface area contributed by atoms with Crippen LogP contribution in [0.2, 0.25) is 10.0 Å². The van der Waals surface area contributed by atoms with Gasteiger partial charge in [0.05, 0.1) is 0 Å². The van der Waals surface area contributed by atoms with Gasteiger partial charge in [-0.25, -0.2) is 0 Å². The number of rotatable bonds is 5. The van der Waals surface area contributed by atoms with Gasteiger partial charge in [-0.15, -0.1) is 0 Å². The van der Waals surface area contributed by atoms with Gasteiger partial charge in [-0.2, -0.15) is 0 Å². The molecule has 0 bridgehead atoms. The Morgan fingerprint density at radius 2 is 1.81 bits per heavy atom. The second-order valence-electron chi connectivity index (χ2n) is 4.19. The molecular formula is C13H19Cl2N. The van der Waals surface area contributed by atoms with Crippen LogP contribution in [0, 0.1) is 5.92 Å². The third kappa shape index (κ3) is 3.13. The molecule has 0 aliphatic rings. The van der Waals surface area contributed by atoms with E-state index in [1.165, 1.54) is 0 Å². The van der Waals surface area contributed by atoms with E-state index >= 15 is 0 Å². The van der Waals surface area contributed by atoms with E-state index in [2.05, 4.69) is 19.2 Å². The van der Waals surface area contributed by atoms with Gasteiger partial charge >= 0.3 is 0 Å². The van der Waals surface area contributed by atoms with E-state index in [1.807, 2.05) is 25.2 Å². The highest BCUT2D eigenvalue weighted by Crippen LogP contribution is 2.36. The summed E-state index contributed by atoms with van der Waals surface area (Å²) < 4.78 is 0. The Hall–Kier alpha value is -0.240. The third-order valence-corrected chi connectivity index (χ3v) is 3.78. The van der Waals surface area contributed by atoms with Gasteiger partial charge in [0.15, 0.2) is 0 Å². The first-order chi connectivity index (χ1) is 7.61. The zero-order valence-corrected chi connectivity index (χ0v) is 11.6. The molecule has 0 spiro atoms. The lowest BCUT2D eigenvalue weighted by molar-refractivity contribution is 0.432. The van der Waals surface area contributed by atoms with Crippen LogP contribution in [0.15, 0.2) is 18.2 Å². The van der Waals surface area contributed by atoms with Crippen molar-refractivity contribution in [3.05, 3.63) is 33.8 Å². The Kier molecular flexibility index (Phi) is 5.60. The average Bonchev–Trinajstić information content (AvgIpc) is 2.26. The molecule has 2 atom stereocenters. The van der Waals surface area contributed by atoms with Crippen LogP contribution in [-0.4, -0.2) is 13.6 Å².